The molecule has 0 atom stereocenters. The SMILES string of the molecule is CN1C(=O)c2cc(NC(=O)Cn3cc(Br)cn3)ccc2Oc2ncccc21. The largest absolute Gasteiger partial charge is 0.436 e. The Hall–Kier alpha value is -3.20. The Morgan fingerprint density at radius 3 is 2.96 bits per heavy atom. The summed E-state index contributed by atoms with van der Waals surface area (Å²) >= 11 is 3.29. The topological polar surface area (TPSA) is 89.4 Å². The van der Waals surface area contributed by atoms with Gasteiger partial charge in [-0.05, 0) is 46.3 Å². The lowest BCUT2D eigenvalue weighted by atomic mass is 10.1. The van der Waals surface area contributed by atoms with Gasteiger partial charge in [0.15, 0.2) is 0 Å². The average Bonchev–Trinajstić information content (AvgIpc) is 3.02. The number of pyridine rings is 1. The number of aromatic nitrogens is 3. The molecule has 3 aromatic rings. The Labute approximate surface area is 162 Å². The van der Waals surface area contributed by atoms with Crippen LogP contribution in [-0.2, 0) is 11.3 Å². The van der Waals surface area contributed by atoms with Gasteiger partial charge in [0.25, 0.3) is 5.91 Å². The molecule has 0 saturated carbocycles. The fraction of sp³-hybridized carbons (Fsp3) is 0.111. The molecule has 0 radical (unpaired) electrons. The van der Waals surface area contributed by atoms with E-state index >= 15 is 0 Å². The Bertz CT molecular complexity index is 1050. The first-order chi connectivity index (χ1) is 13.0. The van der Waals surface area contributed by atoms with E-state index in [2.05, 4.69) is 31.3 Å². The molecule has 1 aliphatic heterocycles. The fourth-order valence-corrected chi connectivity index (χ4v) is 3.07. The molecule has 0 aliphatic carbocycles. The second kappa shape index (κ2) is 6.84. The summed E-state index contributed by atoms with van der Waals surface area (Å²) in [4.78, 5) is 30.7. The standard InChI is InChI=1S/C18H14BrN5O3/c1-23-14-3-2-6-20-17(14)27-15-5-4-12(7-13(15)18(23)26)22-16(25)10-24-9-11(19)8-21-24/h2-9H,10H2,1H3,(H,22,25). The molecule has 27 heavy (non-hydrogen) atoms. The lowest BCUT2D eigenvalue weighted by Gasteiger charge is -2.15. The van der Waals surface area contributed by atoms with Crippen molar-refractivity contribution in [1.82, 2.24) is 14.8 Å². The predicted octanol–water partition coefficient (Wildman–Crippen LogP) is 3.06. The first-order valence-corrected chi connectivity index (χ1v) is 8.83. The van der Waals surface area contributed by atoms with E-state index in [9.17, 15) is 9.59 Å². The number of ether oxygens (including phenoxy) is 1. The van der Waals surface area contributed by atoms with E-state index in [1.165, 1.54) is 9.58 Å². The Balaban J connectivity index is 1.58. The van der Waals surface area contributed by atoms with Crippen LogP contribution in [0.1, 0.15) is 10.4 Å². The minimum absolute atomic E-state index is 0.0579. The third kappa shape index (κ3) is 3.41. The number of benzene rings is 1. The van der Waals surface area contributed by atoms with Crippen molar-refractivity contribution in [2.24, 2.45) is 0 Å². The predicted molar refractivity (Wildman–Crippen MR) is 102 cm³/mol. The van der Waals surface area contributed by atoms with Gasteiger partial charge in [-0.1, -0.05) is 0 Å². The quantitative estimate of drug-likeness (QED) is 0.693. The Morgan fingerprint density at radius 1 is 1.33 bits per heavy atom. The van der Waals surface area contributed by atoms with Gasteiger partial charge in [0.05, 0.1) is 16.2 Å². The van der Waals surface area contributed by atoms with Crippen molar-refractivity contribution in [2.75, 3.05) is 17.3 Å². The third-order valence-electron chi connectivity index (χ3n) is 4.02. The number of carbonyl (C=O) groups is 2. The molecule has 1 N–H and O–H groups in total. The van der Waals surface area contributed by atoms with Crippen LogP contribution in [0.25, 0.3) is 0 Å². The van der Waals surface area contributed by atoms with Crippen LogP contribution >= 0.6 is 15.9 Å². The summed E-state index contributed by atoms with van der Waals surface area (Å²) in [6.45, 7) is 0.0579. The van der Waals surface area contributed by atoms with Gasteiger partial charge in [-0.25, -0.2) is 4.98 Å². The molecule has 2 aromatic heterocycles. The lowest BCUT2D eigenvalue weighted by molar-refractivity contribution is -0.116. The first-order valence-electron chi connectivity index (χ1n) is 8.04. The van der Waals surface area contributed by atoms with Gasteiger partial charge in [-0.2, -0.15) is 5.10 Å². The van der Waals surface area contributed by atoms with E-state index < -0.39 is 0 Å². The maximum absolute atomic E-state index is 12.8. The highest BCUT2D eigenvalue weighted by Gasteiger charge is 2.26. The van der Waals surface area contributed by atoms with Gasteiger partial charge in [-0.3, -0.25) is 14.3 Å². The number of carbonyl (C=O) groups excluding carboxylic acids is 2. The molecular formula is C18H14BrN5O3. The zero-order valence-electron chi connectivity index (χ0n) is 14.2. The average molecular weight is 428 g/mol. The zero-order valence-corrected chi connectivity index (χ0v) is 15.8. The van der Waals surface area contributed by atoms with Crippen molar-refractivity contribution in [2.45, 2.75) is 6.54 Å². The van der Waals surface area contributed by atoms with Gasteiger partial charge in [-0.15, -0.1) is 0 Å². The van der Waals surface area contributed by atoms with E-state index in [1.54, 1.807) is 56.0 Å². The van der Waals surface area contributed by atoms with Crippen LogP contribution in [-0.4, -0.2) is 33.6 Å². The van der Waals surface area contributed by atoms with E-state index in [1.807, 2.05) is 0 Å². The second-order valence-corrected chi connectivity index (χ2v) is 6.82. The smallest absolute Gasteiger partial charge is 0.262 e. The number of halogens is 1. The highest BCUT2D eigenvalue weighted by molar-refractivity contribution is 9.10. The Kier molecular flexibility index (Phi) is 4.36. The number of amides is 2. The van der Waals surface area contributed by atoms with Crippen molar-refractivity contribution in [3.8, 4) is 11.6 Å². The summed E-state index contributed by atoms with van der Waals surface area (Å²) in [7, 11) is 1.65. The summed E-state index contributed by atoms with van der Waals surface area (Å²) in [5.41, 5.74) is 1.41. The number of hydrogen-bond acceptors (Lipinski definition) is 5. The number of fused-ring (bicyclic) bond motifs is 2. The highest BCUT2D eigenvalue weighted by atomic mass is 79.9. The van der Waals surface area contributed by atoms with Gasteiger partial charge in [0.1, 0.15) is 18.0 Å². The van der Waals surface area contributed by atoms with Crippen LogP contribution in [0.15, 0.2) is 53.4 Å². The molecule has 0 bridgehead atoms. The molecule has 2 amide bonds. The van der Waals surface area contributed by atoms with Crippen LogP contribution in [0, 0.1) is 0 Å². The summed E-state index contributed by atoms with van der Waals surface area (Å²) in [5, 5.41) is 6.82. The molecule has 136 valence electrons. The van der Waals surface area contributed by atoms with Crippen molar-refractivity contribution in [3.63, 3.8) is 0 Å². The van der Waals surface area contributed by atoms with E-state index in [-0.39, 0.29) is 18.4 Å². The molecule has 0 unspecified atom stereocenters. The molecule has 0 saturated heterocycles. The van der Waals surface area contributed by atoms with E-state index in [0.29, 0.717) is 28.6 Å². The van der Waals surface area contributed by atoms with Crippen LogP contribution in [0.2, 0.25) is 0 Å². The van der Waals surface area contributed by atoms with Crippen molar-refractivity contribution in [3.05, 3.63) is 59.0 Å². The van der Waals surface area contributed by atoms with Gasteiger partial charge in [0, 0.05) is 25.1 Å². The van der Waals surface area contributed by atoms with Crippen LogP contribution < -0.4 is 15.0 Å². The highest BCUT2D eigenvalue weighted by Crippen LogP contribution is 2.37. The lowest BCUT2D eigenvalue weighted by Crippen LogP contribution is -2.25. The number of hydrogen-bond donors (Lipinski definition) is 1. The molecule has 1 aliphatic rings. The monoisotopic (exact) mass is 427 g/mol. The number of nitrogens with zero attached hydrogens (tertiary/aromatic N) is 4. The van der Waals surface area contributed by atoms with Crippen LogP contribution in [0.3, 0.4) is 0 Å². The van der Waals surface area contributed by atoms with Crippen molar-refractivity contribution >= 4 is 39.1 Å². The van der Waals surface area contributed by atoms with Gasteiger partial charge in [0.2, 0.25) is 11.8 Å². The molecule has 8 nitrogen and oxygen atoms in total. The van der Waals surface area contributed by atoms with E-state index in [4.69, 9.17) is 4.74 Å². The Morgan fingerprint density at radius 2 is 2.19 bits per heavy atom. The van der Waals surface area contributed by atoms with Gasteiger partial charge >= 0.3 is 0 Å². The zero-order chi connectivity index (χ0) is 19.0. The summed E-state index contributed by atoms with van der Waals surface area (Å²) < 4.78 is 8.09. The molecule has 9 heteroatoms. The number of nitrogens with one attached hydrogen (secondary N) is 1. The summed E-state index contributed by atoms with van der Waals surface area (Å²) in [6, 6.07) is 8.41. The molecule has 0 fully saturated rings. The minimum Gasteiger partial charge on any atom is -0.436 e. The molecule has 1 aromatic carbocycles. The van der Waals surface area contributed by atoms with Crippen molar-refractivity contribution in [1.29, 1.82) is 0 Å². The summed E-state index contributed by atoms with van der Waals surface area (Å²) in [6.07, 6.45) is 4.91. The van der Waals surface area contributed by atoms with E-state index in [0.717, 1.165) is 4.47 Å². The summed E-state index contributed by atoms with van der Waals surface area (Å²) in [5.74, 6) is 0.237. The van der Waals surface area contributed by atoms with Crippen molar-refractivity contribution < 1.29 is 14.3 Å². The van der Waals surface area contributed by atoms with Crippen LogP contribution in [0.4, 0.5) is 11.4 Å². The normalized spacial score (nSPS) is 12.7. The number of anilines is 2. The maximum atomic E-state index is 12.8. The molecule has 4 rings (SSSR count). The second-order valence-electron chi connectivity index (χ2n) is 5.91. The molecular weight excluding hydrogens is 414 g/mol. The van der Waals surface area contributed by atoms with Crippen LogP contribution in [0.5, 0.6) is 11.6 Å². The third-order valence-corrected chi connectivity index (χ3v) is 4.43. The first kappa shape index (κ1) is 17.2. The minimum atomic E-state index is -0.258. The number of rotatable bonds is 3. The molecule has 0 spiro atoms. The van der Waals surface area contributed by atoms with Gasteiger partial charge < -0.3 is 15.0 Å². The fourth-order valence-electron chi connectivity index (χ4n) is 2.75. The maximum Gasteiger partial charge on any atom is 0.262 e. The molecule has 3 heterocycles.